The first-order valence-electron chi connectivity index (χ1n) is 6.64. The molecule has 0 aromatic carbocycles. The Labute approximate surface area is 135 Å². The van der Waals surface area contributed by atoms with Gasteiger partial charge in [-0.3, -0.25) is 4.99 Å². The number of alkyl halides is 1. The van der Waals surface area contributed by atoms with Gasteiger partial charge in [-0.2, -0.15) is 6.21 Å². The smallest absolute Gasteiger partial charge is 0.335 e. The van der Waals surface area contributed by atoms with E-state index in [1.807, 2.05) is 13.0 Å². The fraction of sp³-hybridized carbons (Fsp3) is 0.235. The van der Waals surface area contributed by atoms with Gasteiger partial charge < -0.3 is 10.5 Å². The summed E-state index contributed by atoms with van der Waals surface area (Å²) in [5.74, 6) is -1.11. The van der Waals surface area contributed by atoms with E-state index in [1.54, 1.807) is 12.3 Å². The van der Waals surface area contributed by atoms with E-state index >= 15 is 0 Å². The van der Waals surface area contributed by atoms with Gasteiger partial charge >= 0.3 is 5.97 Å². The highest BCUT2D eigenvalue weighted by atomic mass is 35.5. The van der Waals surface area contributed by atoms with Crippen LogP contribution < -0.4 is 0 Å². The number of halogens is 1. The molecule has 1 rings (SSSR count). The Balaban J connectivity index is 2.74. The quantitative estimate of drug-likeness (QED) is 0.347. The Morgan fingerprint density at radius 3 is 2.91 bits per heavy atom. The molecule has 0 aromatic rings. The third kappa shape index (κ3) is 5.66. The van der Waals surface area contributed by atoms with Crippen LogP contribution in [0.1, 0.15) is 19.8 Å². The Hall–Kier alpha value is -2.20. The van der Waals surface area contributed by atoms with E-state index in [0.717, 1.165) is 17.2 Å². The van der Waals surface area contributed by atoms with Crippen molar-refractivity contribution in [2.75, 3.05) is 0 Å². The number of aliphatic imine (C=N–C) groups is 1. The first-order valence-corrected chi connectivity index (χ1v) is 7.02. The molecule has 0 saturated carbocycles. The molecular weight excluding hydrogens is 300 g/mol. The van der Waals surface area contributed by atoms with E-state index in [2.05, 4.69) is 18.2 Å². The molecule has 1 aliphatic rings. The number of nitrogens with zero attached hydrogens (tertiary/aromatic N) is 2. The van der Waals surface area contributed by atoms with E-state index in [1.165, 1.54) is 6.08 Å². The minimum Gasteiger partial charge on any atom is -0.811 e. The highest BCUT2D eigenvalue weighted by Gasteiger charge is 2.25. The van der Waals surface area contributed by atoms with Crippen molar-refractivity contribution < 1.29 is 9.90 Å². The van der Waals surface area contributed by atoms with Crippen molar-refractivity contribution in [3.63, 3.8) is 0 Å². The molecule has 0 fully saturated rings. The van der Waals surface area contributed by atoms with Crippen LogP contribution in [0, 0.1) is 0 Å². The van der Waals surface area contributed by atoms with Crippen molar-refractivity contribution in [1.82, 2.24) is 0 Å². The van der Waals surface area contributed by atoms with E-state index in [-0.39, 0.29) is 5.57 Å². The number of carboxylic acids is 1. The van der Waals surface area contributed by atoms with Crippen molar-refractivity contribution in [3.05, 3.63) is 65.3 Å². The highest BCUT2D eigenvalue weighted by molar-refractivity contribution is 6.32. The van der Waals surface area contributed by atoms with E-state index in [0.29, 0.717) is 24.8 Å². The molecule has 0 saturated heterocycles. The van der Waals surface area contributed by atoms with Gasteiger partial charge in [-0.05, 0) is 25.3 Å². The summed E-state index contributed by atoms with van der Waals surface area (Å²) in [5.41, 5.74) is 2.35. The number of allylic oxidation sites excluding steroid dienone is 5. The van der Waals surface area contributed by atoms with Gasteiger partial charge in [0.1, 0.15) is 0 Å². The monoisotopic (exact) mass is 317 g/mol. The second-order valence-electron chi connectivity index (χ2n) is 5.17. The summed E-state index contributed by atoms with van der Waals surface area (Å²) in [6.07, 6.45) is 9.50. The number of aliphatic carboxylic acids is 1. The zero-order valence-electron chi connectivity index (χ0n) is 12.4. The molecule has 5 heteroatoms. The number of hydrogen-bond donors (Lipinski definition) is 1. The first-order chi connectivity index (χ1) is 10.2. The average molecular weight is 318 g/mol. The third-order valence-electron chi connectivity index (χ3n) is 2.95. The predicted molar refractivity (Wildman–Crippen MR) is 92.6 cm³/mol. The number of carbonyl (C=O) groups is 1. The van der Waals surface area contributed by atoms with Crippen LogP contribution in [-0.4, -0.2) is 28.4 Å². The number of carboxylic acid groups (broad SMARTS) is 1. The molecular formula is C17H18ClN2O2-. The van der Waals surface area contributed by atoms with Crippen molar-refractivity contribution in [2.45, 2.75) is 24.6 Å². The van der Waals surface area contributed by atoms with E-state index in [4.69, 9.17) is 22.1 Å². The lowest BCUT2D eigenvalue weighted by Crippen LogP contribution is -2.23. The summed E-state index contributed by atoms with van der Waals surface area (Å²) in [4.78, 5) is 14.5. The van der Waals surface area contributed by atoms with Crippen molar-refractivity contribution in [2.24, 2.45) is 4.99 Å². The predicted octanol–water partition coefficient (Wildman–Crippen LogP) is 4.05. The Kier molecular flexibility index (Phi) is 6.25. The van der Waals surface area contributed by atoms with Crippen LogP contribution in [0.15, 0.2) is 64.9 Å². The summed E-state index contributed by atoms with van der Waals surface area (Å²) in [6, 6.07) is 0. The summed E-state index contributed by atoms with van der Waals surface area (Å²) in [7, 11) is 0. The largest absolute Gasteiger partial charge is 0.811 e. The van der Waals surface area contributed by atoms with Gasteiger partial charge in [0, 0.05) is 6.21 Å². The van der Waals surface area contributed by atoms with Gasteiger partial charge in [0.15, 0.2) is 0 Å². The lowest BCUT2D eigenvalue weighted by molar-refractivity contribution is -0.132. The summed E-state index contributed by atoms with van der Waals surface area (Å²) < 4.78 is 0. The second kappa shape index (κ2) is 7.71. The summed E-state index contributed by atoms with van der Waals surface area (Å²) >= 11 is 6.26. The lowest BCUT2D eigenvalue weighted by Gasteiger charge is -2.24. The molecule has 1 aliphatic heterocycles. The molecule has 1 N–H and O–H groups in total. The van der Waals surface area contributed by atoms with Gasteiger partial charge in [-0.1, -0.05) is 43.0 Å². The first kappa shape index (κ1) is 17.9. The van der Waals surface area contributed by atoms with Crippen molar-refractivity contribution >= 4 is 30.0 Å². The topological polar surface area (TPSA) is 72.0 Å². The molecule has 0 unspecified atom stereocenters. The molecule has 0 radical (unpaired) electrons. The maximum Gasteiger partial charge on any atom is 0.335 e. The normalized spacial score (nSPS) is 24.0. The lowest BCUT2D eigenvalue weighted by atomic mass is 9.94. The molecule has 1 atom stereocenters. The molecule has 0 amide bonds. The number of rotatable bonds is 6. The number of hydrogen-bond acceptors (Lipinski definition) is 2. The zero-order chi connectivity index (χ0) is 16.8. The second-order valence-corrected chi connectivity index (χ2v) is 6.03. The summed E-state index contributed by atoms with van der Waals surface area (Å²) in [5, 5.41) is 17.5. The molecule has 0 aliphatic carbocycles. The zero-order valence-corrected chi connectivity index (χ0v) is 13.2. The Morgan fingerprint density at radius 2 is 2.32 bits per heavy atom. The standard InChI is InChI=1S/C17H18ClN2O2/c1-12(5-4-6-14(7-8-19)16(21)22)9-15-10-17(3,18)11-20-13(15)2/h4,6-9,11H,1-2,5,10H2,3H3,(H,21,22)/q-1/b6-4+,14-7+,15-9-/t17-/m0/s1. The van der Waals surface area contributed by atoms with Crippen molar-refractivity contribution in [3.8, 4) is 0 Å². The van der Waals surface area contributed by atoms with Crippen LogP contribution in [0.5, 0.6) is 0 Å². The molecule has 0 aromatic heterocycles. The Morgan fingerprint density at radius 1 is 1.64 bits per heavy atom. The fourth-order valence-electron chi connectivity index (χ4n) is 1.87. The molecule has 1 heterocycles. The van der Waals surface area contributed by atoms with E-state index < -0.39 is 10.8 Å². The van der Waals surface area contributed by atoms with Crippen LogP contribution >= 0.6 is 11.6 Å². The molecule has 4 nitrogen and oxygen atoms in total. The van der Waals surface area contributed by atoms with Crippen molar-refractivity contribution in [1.29, 1.82) is 0 Å². The fourth-order valence-corrected chi connectivity index (χ4v) is 2.06. The maximum atomic E-state index is 10.9. The molecule has 0 bridgehead atoms. The van der Waals surface area contributed by atoms with Gasteiger partial charge in [0.2, 0.25) is 0 Å². The molecule has 116 valence electrons. The third-order valence-corrected chi connectivity index (χ3v) is 3.18. The van der Waals surface area contributed by atoms with E-state index in [9.17, 15) is 4.79 Å². The molecule has 0 spiro atoms. The van der Waals surface area contributed by atoms with Gasteiger partial charge in [-0.25, -0.2) is 4.79 Å². The van der Waals surface area contributed by atoms with Gasteiger partial charge in [0.25, 0.3) is 0 Å². The van der Waals surface area contributed by atoms with Crippen LogP contribution in [0.25, 0.3) is 5.41 Å². The van der Waals surface area contributed by atoms with Gasteiger partial charge in [-0.15, -0.1) is 11.6 Å². The van der Waals surface area contributed by atoms with Gasteiger partial charge in [0.05, 0.1) is 16.1 Å². The van der Waals surface area contributed by atoms with Crippen LogP contribution in [0.3, 0.4) is 0 Å². The van der Waals surface area contributed by atoms with Crippen LogP contribution in [0.4, 0.5) is 0 Å². The minimum absolute atomic E-state index is 0.0111. The Bertz CT molecular complexity index is 623. The molecule has 22 heavy (non-hydrogen) atoms. The maximum absolute atomic E-state index is 10.9. The highest BCUT2D eigenvalue weighted by Crippen LogP contribution is 2.31. The summed E-state index contributed by atoms with van der Waals surface area (Å²) in [6.45, 7) is 9.67. The SMILES string of the molecule is C=C(/C=C1/C[C@](C)(Cl)C=NC1=C)C/C=C/C(=C\C=[N-])C(=O)O. The van der Waals surface area contributed by atoms with Crippen LogP contribution in [-0.2, 0) is 4.79 Å². The van der Waals surface area contributed by atoms with Crippen LogP contribution in [0.2, 0.25) is 0 Å². The average Bonchev–Trinajstić information content (AvgIpc) is 2.41. The minimum atomic E-state index is -1.11.